The zero-order chi connectivity index (χ0) is 13.1. The predicted octanol–water partition coefficient (Wildman–Crippen LogP) is 4.29. The van der Waals surface area contributed by atoms with E-state index in [0.29, 0.717) is 27.0 Å². The second kappa shape index (κ2) is 5.46. The van der Waals surface area contributed by atoms with E-state index in [0.717, 1.165) is 0 Å². The maximum Gasteiger partial charge on any atom is 0.157 e. The molecule has 0 bridgehead atoms. The Balaban J connectivity index is 2.19. The fraction of sp³-hybridized carbons (Fsp3) is 0.0769. The summed E-state index contributed by atoms with van der Waals surface area (Å²) in [7, 11) is 0. The molecule has 0 aliphatic rings. The molecule has 18 heavy (non-hydrogen) atoms. The van der Waals surface area contributed by atoms with Crippen LogP contribution in [0.1, 0.15) is 5.56 Å². The first-order chi connectivity index (χ1) is 8.58. The fourth-order valence-electron chi connectivity index (χ4n) is 1.48. The van der Waals surface area contributed by atoms with Gasteiger partial charge in [0.25, 0.3) is 0 Å². The Labute approximate surface area is 114 Å². The molecule has 0 spiro atoms. The number of benzene rings is 2. The van der Waals surface area contributed by atoms with E-state index in [1.54, 1.807) is 18.2 Å². The molecule has 2 N–H and O–H groups in total. The standard InChI is InChI=1S/C13H10Cl2FNO/c14-10-5-9(17)6-11(15)13(10)18-7-8-3-1-2-4-12(8)16/h1-6H,7,17H2. The van der Waals surface area contributed by atoms with Crippen LogP contribution >= 0.6 is 23.2 Å². The number of nitrogen functional groups attached to an aromatic ring is 1. The minimum absolute atomic E-state index is 0.0516. The fourth-order valence-corrected chi connectivity index (χ4v) is 2.10. The summed E-state index contributed by atoms with van der Waals surface area (Å²) in [6.07, 6.45) is 0. The van der Waals surface area contributed by atoms with Crippen molar-refractivity contribution in [1.29, 1.82) is 0 Å². The van der Waals surface area contributed by atoms with E-state index < -0.39 is 0 Å². The molecule has 0 saturated heterocycles. The Morgan fingerprint density at radius 3 is 2.33 bits per heavy atom. The molecule has 0 amide bonds. The molecule has 0 heterocycles. The van der Waals surface area contributed by atoms with Crippen molar-refractivity contribution in [3.63, 3.8) is 0 Å². The number of halogens is 3. The van der Waals surface area contributed by atoms with Crippen LogP contribution in [0.4, 0.5) is 10.1 Å². The summed E-state index contributed by atoms with van der Waals surface area (Å²) < 4.78 is 18.8. The first kappa shape index (κ1) is 13.0. The number of nitrogens with two attached hydrogens (primary N) is 1. The summed E-state index contributed by atoms with van der Waals surface area (Å²) in [5.41, 5.74) is 6.45. The minimum atomic E-state index is -0.333. The summed E-state index contributed by atoms with van der Waals surface area (Å²) in [5, 5.41) is 0.604. The van der Waals surface area contributed by atoms with Crippen LogP contribution in [0.5, 0.6) is 5.75 Å². The second-order valence-electron chi connectivity index (χ2n) is 3.69. The Bertz CT molecular complexity index is 552. The molecular weight excluding hydrogens is 276 g/mol. The second-order valence-corrected chi connectivity index (χ2v) is 4.51. The molecule has 5 heteroatoms. The Morgan fingerprint density at radius 2 is 1.72 bits per heavy atom. The number of hydrogen-bond donors (Lipinski definition) is 1. The van der Waals surface area contributed by atoms with Crippen LogP contribution < -0.4 is 10.5 Å². The van der Waals surface area contributed by atoms with Crippen molar-refractivity contribution in [3.8, 4) is 5.75 Å². The molecule has 0 fully saturated rings. The maximum atomic E-state index is 13.4. The summed E-state index contributed by atoms with van der Waals surface area (Å²) in [5.74, 6) is -0.0315. The molecule has 0 saturated carbocycles. The molecule has 2 aromatic rings. The minimum Gasteiger partial charge on any atom is -0.486 e. The van der Waals surface area contributed by atoms with Crippen molar-refractivity contribution in [2.24, 2.45) is 0 Å². The van der Waals surface area contributed by atoms with E-state index in [2.05, 4.69) is 0 Å². The summed E-state index contributed by atoms with van der Waals surface area (Å²) in [6.45, 7) is 0.0516. The lowest BCUT2D eigenvalue weighted by atomic mass is 10.2. The molecule has 94 valence electrons. The zero-order valence-corrected chi connectivity index (χ0v) is 10.8. The van der Waals surface area contributed by atoms with E-state index in [1.165, 1.54) is 18.2 Å². The van der Waals surface area contributed by atoms with E-state index in [4.69, 9.17) is 33.7 Å². The Kier molecular flexibility index (Phi) is 3.94. The number of ether oxygens (including phenoxy) is 1. The molecule has 0 radical (unpaired) electrons. The third-order valence-corrected chi connectivity index (χ3v) is 2.91. The number of anilines is 1. The van der Waals surface area contributed by atoms with Crippen LogP contribution in [0, 0.1) is 5.82 Å². The van der Waals surface area contributed by atoms with Gasteiger partial charge in [-0.1, -0.05) is 41.4 Å². The highest BCUT2D eigenvalue weighted by molar-refractivity contribution is 6.37. The molecule has 0 aliphatic heterocycles. The largest absolute Gasteiger partial charge is 0.486 e. The van der Waals surface area contributed by atoms with Crippen molar-refractivity contribution in [2.45, 2.75) is 6.61 Å². The number of rotatable bonds is 3. The van der Waals surface area contributed by atoms with E-state index in [1.807, 2.05) is 0 Å². The Morgan fingerprint density at radius 1 is 1.11 bits per heavy atom. The molecular formula is C13H10Cl2FNO. The quantitative estimate of drug-likeness (QED) is 0.854. The first-order valence-electron chi connectivity index (χ1n) is 5.18. The first-order valence-corrected chi connectivity index (χ1v) is 5.94. The van der Waals surface area contributed by atoms with Gasteiger partial charge < -0.3 is 10.5 Å². The molecule has 0 unspecified atom stereocenters. The monoisotopic (exact) mass is 285 g/mol. The Hall–Kier alpha value is -1.45. The SMILES string of the molecule is Nc1cc(Cl)c(OCc2ccccc2F)c(Cl)c1. The van der Waals surface area contributed by atoms with Crippen molar-refractivity contribution in [3.05, 3.63) is 57.8 Å². The van der Waals surface area contributed by atoms with Gasteiger partial charge in [0.15, 0.2) is 5.75 Å². The molecule has 2 aromatic carbocycles. The van der Waals surface area contributed by atoms with Crippen LogP contribution in [0.2, 0.25) is 10.0 Å². The van der Waals surface area contributed by atoms with Crippen molar-refractivity contribution in [2.75, 3.05) is 5.73 Å². The highest BCUT2D eigenvalue weighted by atomic mass is 35.5. The van der Waals surface area contributed by atoms with E-state index >= 15 is 0 Å². The summed E-state index contributed by atoms with van der Waals surface area (Å²) >= 11 is 11.9. The van der Waals surface area contributed by atoms with Gasteiger partial charge in [-0.2, -0.15) is 0 Å². The third kappa shape index (κ3) is 2.86. The van der Waals surface area contributed by atoms with Crippen molar-refractivity contribution < 1.29 is 9.13 Å². The zero-order valence-electron chi connectivity index (χ0n) is 9.29. The number of hydrogen-bond acceptors (Lipinski definition) is 2. The lowest BCUT2D eigenvalue weighted by molar-refractivity contribution is 0.300. The van der Waals surface area contributed by atoms with Crippen LogP contribution in [0.3, 0.4) is 0 Å². The van der Waals surface area contributed by atoms with Gasteiger partial charge in [-0.05, 0) is 18.2 Å². The highest BCUT2D eigenvalue weighted by Gasteiger charge is 2.10. The average Bonchev–Trinajstić information content (AvgIpc) is 2.30. The lowest BCUT2D eigenvalue weighted by Gasteiger charge is -2.11. The van der Waals surface area contributed by atoms with Gasteiger partial charge in [-0.25, -0.2) is 4.39 Å². The normalized spacial score (nSPS) is 10.4. The van der Waals surface area contributed by atoms with Gasteiger partial charge in [0.05, 0.1) is 10.0 Å². The van der Waals surface area contributed by atoms with Gasteiger partial charge in [0.2, 0.25) is 0 Å². The van der Waals surface area contributed by atoms with Crippen LogP contribution in [-0.2, 0) is 6.61 Å². The van der Waals surface area contributed by atoms with Crippen LogP contribution in [0.25, 0.3) is 0 Å². The van der Waals surface area contributed by atoms with Crippen molar-refractivity contribution >= 4 is 28.9 Å². The average molecular weight is 286 g/mol. The molecule has 0 aliphatic carbocycles. The molecule has 0 aromatic heterocycles. The summed E-state index contributed by atoms with van der Waals surface area (Å²) in [6, 6.07) is 9.41. The van der Waals surface area contributed by atoms with E-state index in [9.17, 15) is 4.39 Å². The van der Waals surface area contributed by atoms with Gasteiger partial charge in [0, 0.05) is 11.3 Å². The van der Waals surface area contributed by atoms with Gasteiger partial charge in [-0.15, -0.1) is 0 Å². The lowest BCUT2D eigenvalue weighted by Crippen LogP contribution is -1.99. The maximum absolute atomic E-state index is 13.4. The highest BCUT2D eigenvalue weighted by Crippen LogP contribution is 2.35. The van der Waals surface area contributed by atoms with Crippen LogP contribution in [-0.4, -0.2) is 0 Å². The van der Waals surface area contributed by atoms with Gasteiger partial charge in [-0.3, -0.25) is 0 Å². The molecule has 2 nitrogen and oxygen atoms in total. The smallest absolute Gasteiger partial charge is 0.157 e. The van der Waals surface area contributed by atoms with Gasteiger partial charge >= 0.3 is 0 Å². The van der Waals surface area contributed by atoms with Crippen molar-refractivity contribution in [1.82, 2.24) is 0 Å². The molecule has 2 rings (SSSR count). The topological polar surface area (TPSA) is 35.2 Å². The third-order valence-electron chi connectivity index (χ3n) is 2.35. The molecule has 0 atom stereocenters. The van der Waals surface area contributed by atoms with Gasteiger partial charge in [0.1, 0.15) is 12.4 Å². The van der Waals surface area contributed by atoms with E-state index in [-0.39, 0.29) is 12.4 Å². The predicted molar refractivity (Wildman–Crippen MR) is 71.6 cm³/mol. The summed E-state index contributed by atoms with van der Waals surface area (Å²) in [4.78, 5) is 0. The van der Waals surface area contributed by atoms with Crippen LogP contribution in [0.15, 0.2) is 36.4 Å².